The second-order valence-corrected chi connectivity index (χ2v) is 5.42. The molecule has 1 aromatic heterocycles. The lowest BCUT2D eigenvalue weighted by atomic mass is 10.2. The Balaban J connectivity index is 1.82. The highest BCUT2D eigenvalue weighted by Crippen LogP contribution is 2.22. The fourth-order valence-corrected chi connectivity index (χ4v) is 2.42. The highest BCUT2D eigenvalue weighted by atomic mass is 16.5. The van der Waals surface area contributed by atoms with Gasteiger partial charge in [0.1, 0.15) is 0 Å². The largest absolute Gasteiger partial charge is 0.462 e. The number of nitrogens with zero attached hydrogens (tertiary/aromatic N) is 1. The van der Waals surface area contributed by atoms with Gasteiger partial charge in [0.15, 0.2) is 0 Å². The van der Waals surface area contributed by atoms with Crippen molar-refractivity contribution in [3.05, 3.63) is 48.0 Å². The molecule has 0 spiro atoms. The highest BCUT2D eigenvalue weighted by molar-refractivity contribution is 5.94. The zero-order valence-electron chi connectivity index (χ0n) is 13.9. The molecule has 3 rings (SSSR count). The summed E-state index contributed by atoms with van der Waals surface area (Å²) in [6.45, 7) is 3.56. The Labute approximate surface area is 144 Å². The van der Waals surface area contributed by atoms with Gasteiger partial charge in [0.25, 0.3) is 0 Å². The van der Waals surface area contributed by atoms with E-state index in [1.165, 1.54) is 6.92 Å². The van der Waals surface area contributed by atoms with Crippen LogP contribution in [0.3, 0.4) is 0 Å². The zero-order valence-corrected chi connectivity index (χ0v) is 13.9. The molecule has 0 aliphatic heterocycles. The number of hydrogen-bond donors (Lipinski definition) is 3. The number of amides is 1. The quantitative estimate of drug-likeness (QED) is 0.619. The van der Waals surface area contributed by atoms with E-state index in [1.54, 1.807) is 37.3 Å². The van der Waals surface area contributed by atoms with Gasteiger partial charge in [-0.2, -0.15) is 0 Å². The van der Waals surface area contributed by atoms with Crippen molar-refractivity contribution >= 4 is 40.2 Å². The van der Waals surface area contributed by atoms with Crippen molar-refractivity contribution in [2.24, 2.45) is 0 Å². The van der Waals surface area contributed by atoms with Crippen LogP contribution >= 0.6 is 0 Å². The molecule has 3 aromatic rings. The van der Waals surface area contributed by atoms with E-state index in [0.717, 1.165) is 16.7 Å². The molecule has 2 aromatic carbocycles. The van der Waals surface area contributed by atoms with E-state index in [9.17, 15) is 9.59 Å². The monoisotopic (exact) mass is 338 g/mol. The minimum atomic E-state index is -0.364. The number of ether oxygens (including phenoxy) is 1. The minimum Gasteiger partial charge on any atom is -0.462 e. The van der Waals surface area contributed by atoms with Crippen LogP contribution in [0.2, 0.25) is 0 Å². The molecular formula is C18H18N4O3. The average molecular weight is 338 g/mol. The lowest BCUT2D eigenvalue weighted by molar-refractivity contribution is -0.114. The first-order valence-electron chi connectivity index (χ1n) is 7.86. The van der Waals surface area contributed by atoms with Gasteiger partial charge in [0.05, 0.1) is 23.2 Å². The summed E-state index contributed by atoms with van der Waals surface area (Å²) in [7, 11) is 0. The molecular weight excluding hydrogens is 320 g/mol. The van der Waals surface area contributed by atoms with Crippen molar-refractivity contribution in [1.29, 1.82) is 0 Å². The van der Waals surface area contributed by atoms with Crippen LogP contribution in [-0.4, -0.2) is 28.5 Å². The number of aromatic nitrogens is 2. The second-order valence-electron chi connectivity index (χ2n) is 5.42. The number of H-pyrrole nitrogens is 1. The first-order valence-corrected chi connectivity index (χ1v) is 7.86. The Morgan fingerprint density at radius 2 is 1.96 bits per heavy atom. The Kier molecular flexibility index (Phi) is 4.65. The second kappa shape index (κ2) is 7.04. The third-order valence-corrected chi connectivity index (χ3v) is 3.44. The molecule has 0 aliphatic carbocycles. The van der Waals surface area contributed by atoms with E-state index in [2.05, 4.69) is 20.6 Å². The Morgan fingerprint density at radius 1 is 1.16 bits per heavy atom. The predicted octanol–water partition coefficient (Wildman–Crippen LogP) is 3.44. The van der Waals surface area contributed by atoms with Gasteiger partial charge in [-0.15, -0.1) is 0 Å². The summed E-state index contributed by atoms with van der Waals surface area (Å²) in [5.41, 5.74) is 3.39. The van der Waals surface area contributed by atoms with Gasteiger partial charge in [-0.05, 0) is 43.3 Å². The molecule has 0 bridgehead atoms. The summed E-state index contributed by atoms with van der Waals surface area (Å²) in [5.74, 6) is 0.0416. The minimum absolute atomic E-state index is 0.132. The number of fused-ring (bicyclic) bond motifs is 1. The van der Waals surface area contributed by atoms with Crippen molar-refractivity contribution in [2.75, 3.05) is 17.2 Å². The number of hydrogen-bond acceptors (Lipinski definition) is 5. The van der Waals surface area contributed by atoms with Gasteiger partial charge in [0, 0.05) is 18.3 Å². The van der Waals surface area contributed by atoms with Crippen molar-refractivity contribution in [1.82, 2.24) is 9.97 Å². The lowest BCUT2D eigenvalue weighted by Crippen LogP contribution is -2.05. The zero-order chi connectivity index (χ0) is 17.8. The van der Waals surface area contributed by atoms with Crippen LogP contribution in [0.4, 0.5) is 17.3 Å². The van der Waals surface area contributed by atoms with E-state index in [1.807, 2.05) is 12.1 Å². The molecule has 3 N–H and O–H groups in total. The highest BCUT2D eigenvalue weighted by Gasteiger charge is 2.10. The maximum Gasteiger partial charge on any atom is 0.338 e. The van der Waals surface area contributed by atoms with Crippen molar-refractivity contribution in [2.45, 2.75) is 13.8 Å². The van der Waals surface area contributed by atoms with Crippen LogP contribution < -0.4 is 10.6 Å². The molecule has 0 aliphatic rings. The number of esters is 1. The van der Waals surface area contributed by atoms with Gasteiger partial charge in [0.2, 0.25) is 11.9 Å². The smallest absolute Gasteiger partial charge is 0.338 e. The molecule has 0 unspecified atom stereocenters. The predicted molar refractivity (Wildman–Crippen MR) is 96.1 cm³/mol. The van der Waals surface area contributed by atoms with Crippen LogP contribution in [0.25, 0.3) is 11.0 Å². The van der Waals surface area contributed by atoms with Gasteiger partial charge in [-0.3, -0.25) is 4.79 Å². The molecule has 0 fully saturated rings. The van der Waals surface area contributed by atoms with E-state index in [4.69, 9.17) is 4.74 Å². The number of benzene rings is 2. The molecule has 0 radical (unpaired) electrons. The van der Waals surface area contributed by atoms with Gasteiger partial charge in [-0.1, -0.05) is 6.07 Å². The number of anilines is 3. The SMILES string of the molecule is CCOC(=O)c1ccc2nc(Nc3cccc(NC(C)=O)c3)[nH]c2c1. The normalized spacial score (nSPS) is 10.5. The lowest BCUT2D eigenvalue weighted by Gasteiger charge is -2.06. The first kappa shape index (κ1) is 16.5. The summed E-state index contributed by atoms with van der Waals surface area (Å²) < 4.78 is 5.00. The van der Waals surface area contributed by atoms with E-state index in [0.29, 0.717) is 23.8 Å². The van der Waals surface area contributed by atoms with E-state index < -0.39 is 0 Å². The number of nitrogens with one attached hydrogen (secondary N) is 3. The average Bonchev–Trinajstić information content (AvgIpc) is 2.96. The van der Waals surface area contributed by atoms with Crippen LogP contribution in [-0.2, 0) is 9.53 Å². The Bertz CT molecular complexity index is 933. The fourth-order valence-electron chi connectivity index (χ4n) is 2.42. The van der Waals surface area contributed by atoms with Gasteiger partial charge in [-0.25, -0.2) is 9.78 Å². The fraction of sp³-hybridized carbons (Fsp3) is 0.167. The number of imidazole rings is 1. The number of carbonyl (C=O) groups is 2. The third kappa shape index (κ3) is 3.95. The summed E-state index contributed by atoms with van der Waals surface area (Å²) >= 11 is 0. The molecule has 1 heterocycles. The Morgan fingerprint density at radius 3 is 2.72 bits per heavy atom. The maximum absolute atomic E-state index is 11.8. The molecule has 25 heavy (non-hydrogen) atoms. The summed E-state index contributed by atoms with van der Waals surface area (Å²) in [5, 5.41) is 5.88. The number of aromatic amines is 1. The van der Waals surface area contributed by atoms with Crippen molar-refractivity contribution in [3.63, 3.8) is 0 Å². The van der Waals surface area contributed by atoms with Crippen LogP contribution in [0, 0.1) is 0 Å². The van der Waals surface area contributed by atoms with Crippen LogP contribution in [0.5, 0.6) is 0 Å². The van der Waals surface area contributed by atoms with Crippen molar-refractivity contribution in [3.8, 4) is 0 Å². The van der Waals surface area contributed by atoms with E-state index in [-0.39, 0.29) is 11.9 Å². The first-order chi connectivity index (χ1) is 12.0. The molecule has 1 amide bonds. The van der Waals surface area contributed by atoms with Gasteiger partial charge < -0.3 is 20.4 Å². The van der Waals surface area contributed by atoms with Crippen LogP contribution in [0.1, 0.15) is 24.2 Å². The third-order valence-electron chi connectivity index (χ3n) is 3.44. The summed E-state index contributed by atoms with van der Waals surface area (Å²) in [4.78, 5) is 30.5. The van der Waals surface area contributed by atoms with Crippen LogP contribution in [0.15, 0.2) is 42.5 Å². The molecule has 0 saturated heterocycles. The van der Waals surface area contributed by atoms with Gasteiger partial charge >= 0.3 is 5.97 Å². The standard InChI is InChI=1S/C18H18N4O3/c1-3-25-17(24)12-7-8-15-16(9-12)22-18(21-15)20-14-6-4-5-13(10-14)19-11(2)23/h4-10H,3H2,1-2H3,(H,19,23)(H2,20,21,22). The molecule has 7 heteroatoms. The van der Waals surface area contributed by atoms with Crippen molar-refractivity contribution < 1.29 is 14.3 Å². The molecule has 128 valence electrons. The van der Waals surface area contributed by atoms with E-state index >= 15 is 0 Å². The topological polar surface area (TPSA) is 96.1 Å². The molecule has 7 nitrogen and oxygen atoms in total. The Hall–Kier alpha value is -3.35. The summed E-state index contributed by atoms with van der Waals surface area (Å²) in [6, 6.07) is 12.5. The number of carbonyl (C=O) groups excluding carboxylic acids is 2. The molecule has 0 saturated carbocycles. The molecule has 0 atom stereocenters. The number of rotatable bonds is 5. The maximum atomic E-state index is 11.8. The summed E-state index contributed by atoms with van der Waals surface area (Å²) in [6.07, 6.45) is 0.